The van der Waals surface area contributed by atoms with Crippen LogP contribution in [0.4, 0.5) is 0 Å². The average Bonchev–Trinajstić information content (AvgIpc) is 2.67. The van der Waals surface area contributed by atoms with E-state index >= 15 is 0 Å². The Balaban J connectivity index is 0.00000128. The second-order valence-electron chi connectivity index (χ2n) is 2.91. The van der Waals surface area contributed by atoms with Crippen LogP contribution < -0.4 is 0 Å². The summed E-state index contributed by atoms with van der Waals surface area (Å²) >= 11 is 3.88. The van der Waals surface area contributed by atoms with Gasteiger partial charge in [-0.25, -0.2) is 4.21 Å². The van der Waals surface area contributed by atoms with Crippen LogP contribution >= 0.6 is 24.0 Å². The summed E-state index contributed by atoms with van der Waals surface area (Å²) in [5, 5.41) is 1.69. The van der Waals surface area contributed by atoms with Gasteiger partial charge in [-0.2, -0.15) is 0 Å². The van der Waals surface area contributed by atoms with E-state index in [0.717, 1.165) is 15.3 Å². The molecule has 2 rings (SSSR count). The molecular weight excluding hydrogens is 314 g/mol. The normalized spacial score (nSPS) is 11.9. The smallest absolute Gasteiger partial charge is 0.187 e. The molecule has 0 spiro atoms. The van der Waals surface area contributed by atoms with Gasteiger partial charge in [0.1, 0.15) is 0 Å². The SMILES string of the molecule is O=S(O)c1csc(-c2ccccc2S)c1.[Zn]. The van der Waals surface area contributed by atoms with Crippen LogP contribution in [0.3, 0.4) is 0 Å². The average molecular weight is 322 g/mol. The van der Waals surface area contributed by atoms with Crippen LogP contribution in [0.5, 0.6) is 0 Å². The van der Waals surface area contributed by atoms with E-state index in [2.05, 4.69) is 12.6 Å². The van der Waals surface area contributed by atoms with Crippen LogP contribution in [0.15, 0.2) is 45.5 Å². The van der Waals surface area contributed by atoms with Crippen LogP contribution in [0.25, 0.3) is 10.4 Å². The molecule has 16 heavy (non-hydrogen) atoms. The van der Waals surface area contributed by atoms with Gasteiger partial charge in [0.05, 0.1) is 4.90 Å². The van der Waals surface area contributed by atoms with Crippen LogP contribution in [0.2, 0.25) is 0 Å². The van der Waals surface area contributed by atoms with E-state index in [4.69, 9.17) is 4.55 Å². The van der Waals surface area contributed by atoms with Crippen molar-refractivity contribution in [1.29, 1.82) is 0 Å². The first-order valence-corrected chi connectivity index (χ1v) is 6.59. The van der Waals surface area contributed by atoms with Gasteiger partial charge in [0.2, 0.25) is 0 Å². The van der Waals surface area contributed by atoms with Crippen molar-refractivity contribution < 1.29 is 28.2 Å². The molecule has 0 saturated heterocycles. The Hall–Kier alpha value is 0.00338. The number of rotatable bonds is 2. The third-order valence-corrected chi connectivity index (χ3v) is 4.09. The summed E-state index contributed by atoms with van der Waals surface area (Å²) in [6, 6.07) is 9.39. The Morgan fingerprint density at radius 1 is 1.31 bits per heavy atom. The third-order valence-electron chi connectivity index (χ3n) is 1.95. The maximum absolute atomic E-state index is 10.8. The minimum atomic E-state index is -1.90. The van der Waals surface area contributed by atoms with Crippen LogP contribution in [0.1, 0.15) is 0 Å². The number of thiophene rings is 1. The summed E-state index contributed by atoms with van der Waals surface area (Å²) < 4.78 is 19.7. The molecule has 0 aliphatic rings. The van der Waals surface area contributed by atoms with Crippen LogP contribution in [-0.2, 0) is 30.6 Å². The first-order chi connectivity index (χ1) is 7.18. The molecule has 1 atom stereocenters. The van der Waals surface area contributed by atoms with Crippen molar-refractivity contribution in [3.05, 3.63) is 35.7 Å². The van der Waals surface area contributed by atoms with Crippen molar-refractivity contribution >= 4 is 35.0 Å². The molecule has 2 aromatic rings. The molecule has 1 N–H and O–H groups in total. The summed E-state index contributed by atoms with van der Waals surface area (Å²) in [7, 11) is 0. The summed E-state index contributed by atoms with van der Waals surface area (Å²) in [6.45, 7) is 0. The largest absolute Gasteiger partial charge is 0.302 e. The summed E-state index contributed by atoms with van der Waals surface area (Å²) in [6.07, 6.45) is 0. The Labute approximate surface area is 119 Å². The van der Waals surface area contributed by atoms with E-state index in [0.29, 0.717) is 4.90 Å². The Morgan fingerprint density at radius 3 is 2.56 bits per heavy atom. The fraction of sp³-hybridized carbons (Fsp3) is 0. The first kappa shape index (κ1) is 14.1. The molecule has 0 bridgehead atoms. The van der Waals surface area contributed by atoms with Gasteiger partial charge >= 0.3 is 0 Å². The molecule has 2 nitrogen and oxygen atoms in total. The quantitative estimate of drug-likeness (QED) is 0.506. The fourth-order valence-corrected chi connectivity index (χ4v) is 3.17. The molecule has 0 aliphatic carbocycles. The number of hydrogen-bond acceptors (Lipinski definition) is 3. The van der Waals surface area contributed by atoms with Gasteiger partial charge in [-0.15, -0.1) is 24.0 Å². The molecule has 80 valence electrons. The zero-order valence-electron chi connectivity index (χ0n) is 8.29. The van der Waals surface area contributed by atoms with Crippen molar-refractivity contribution in [3.63, 3.8) is 0 Å². The molecular formula is C10H8O2S3Zn. The predicted octanol–water partition coefficient (Wildman–Crippen LogP) is 3.28. The number of benzene rings is 1. The minimum absolute atomic E-state index is 0. The molecule has 0 saturated carbocycles. The summed E-state index contributed by atoms with van der Waals surface area (Å²) in [4.78, 5) is 2.26. The van der Waals surface area contributed by atoms with Gasteiger partial charge in [-0.05, 0) is 12.1 Å². The van der Waals surface area contributed by atoms with Gasteiger partial charge in [0.15, 0.2) is 11.1 Å². The maximum atomic E-state index is 10.8. The van der Waals surface area contributed by atoms with E-state index in [-0.39, 0.29) is 19.5 Å². The monoisotopic (exact) mass is 320 g/mol. The van der Waals surface area contributed by atoms with Crippen molar-refractivity contribution in [2.45, 2.75) is 9.79 Å². The fourth-order valence-electron chi connectivity index (χ4n) is 1.23. The Kier molecular flexibility index (Phi) is 5.34. The van der Waals surface area contributed by atoms with Gasteiger partial charge in [-0.1, -0.05) is 18.2 Å². The first-order valence-electron chi connectivity index (χ1n) is 4.16. The van der Waals surface area contributed by atoms with Crippen LogP contribution in [0, 0.1) is 0 Å². The van der Waals surface area contributed by atoms with Crippen molar-refractivity contribution in [2.24, 2.45) is 0 Å². The molecule has 0 aliphatic heterocycles. The summed E-state index contributed by atoms with van der Waals surface area (Å²) in [5.74, 6) is 0. The predicted molar refractivity (Wildman–Crippen MR) is 66.0 cm³/mol. The topological polar surface area (TPSA) is 37.3 Å². The number of hydrogen-bond donors (Lipinski definition) is 2. The van der Waals surface area contributed by atoms with Crippen molar-refractivity contribution in [2.75, 3.05) is 0 Å². The van der Waals surface area contributed by atoms with Gasteiger partial charge < -0.3 is 4.55 Å². The number of thiol groups is 1. The van der Waals surface area contributed by atoms with E-state index in [1.165, 1.54) is 11.3 Å². The third kappa shape index (κ3) is 3.02. The van der Waals surface area contributed by atoms with Gasteiger partial charge in [0.25, 0.3) is 0 Å². The standard InChI is InChI=1S/C10H8O2S3.Zn/c11-15(12)7-5-10(14-6-7)8-3-1-2-4-9(8)13;/h1-6,13H,(H,11,12);. The Bertz CT molecular complexity index is 510. The molecule has 1 aromatic heterocycles. The zero-order valence-corrected chi connectivity index (χ0v) is 13.8. The van der Waals surface area contributed by atoms with E-state index in [1.807, 2.05) is 24.3 Å². The molecule has 1 heterocycles. The molecule has 0 fully saturated rings. The van der Waals surface area contributed by atoms with E-state index in [1.54, 1.807) is 11.4 Å². The van der Waals surface area contributed by atoms with Crippen LogP contribution in [-0.4, -0.2) is 8.76 Å². The maximum Gasteiger partial charge on any atom is 0.187 e. The van der Waals surface area contributed by atoms with E-state index in [9.17, 15) is 4.21 Å². The second-order valence-corrected chi connectivity index (χ2v) is 5.28. The van der Waals surface area contributed by atoms with Gasteiger partial charge in [0, 0.05) is 40.2 Å². The Morgan fingerprint density at radius 2 is 2.00 bits per heavy atom. The molecule has 6 heteroatoms. The van der Waals surface area contributed by atoms with Crippen molar-refractivity contribution in [1.82, 2.24) is 0 Å². The summed E-state index contributed by atoms with van der Waals surface area (Å²) in [5.41, 5.74) is 0.988. The van der Waals surface area contributed by atoms with Gasteiger partial charge in [-0.3, -0.25) is 0 Å². The minimum Gasteiger partial charge on any atom is -0.302 e. The molecule has 0 amide bonds. The molecule has 1 aromatic carbocycles. The molecule has 1 unspecified atom stereocenters. The van der Waals surface area contributed by atoms with E-state index < -0.39 is 11.1 Å². The molecule has 0 radical (unpaired) electrons. The van der Waals surface area contributed by atoms with Crippen molar-refractivity contribution in [3.8, 4) is 10.4 Å². The second kappa shape index (κ2) is 6.08. The zero-order chi connectivity index (χ0) is 10.8.